The van der Waals surface area contributed by atoms with Gasteiger partial charge in [0.2, 0.25) is 0 Å². The molecule has 0 aliphatic heterocycles. The highest BCUT2D eigenvalue weighted by molar-refractivity contribution is 5.36. The Labute approximate surface area is 82.9 Å². The van der Waals surface area contributed by atoms with E-state index in [1.54, 1.807) is 0 Å². The Bertz CT molecular complexity index is 329. The summed E-state index contributed by atoms with van der Waals surface area (Å²) in [5, 5.41) is 10.5. The molecule has 1 aliphatic rings. The lowest BCUT2D eigenvalue weighted by Gasteiger charge is -2.04. The van der Waals surface area contributed by atoms with Gasteiger partial charge in [-0.15, -0.1) is 0 Å². The highest BCUT2D eigenvalue weighted by Crippen LogP contribution is 2.26. The fourth-order valence-corrected chi connectivity index (χ4v) is 1.56. The first kappa shape index (κ1) is 10.7. The summed E-state index contributed by atoms with van der Waals surface area (Å²) in [5.74, 6) is 0. The number of nitrogens with zero attached hydrogens (tertiary/aromatic N) is 1. The van der Waals surface area contributed by atoms with Crippen molar-refractivity contribution in [1.82, 2.24) is 0 Å². The summed E-state index contributed by atoms with van der Waals surface area (Å²) >= 11 is 0. The fraction of sp³-hybridized carbons (Fsp3) is 0.400. The second-order valence-electron chi connectivity index (χ2n) is 3.41. The molecular formula is C10H14N2O2. The third-order valence-corrected chi connectivity index (χ3v) is 2.45. The van der Waals surface area contributed by atoms with E-state index in [1.807, 2.05) is 6.92 Å². The first-order chi connectivity index (χ1) is 6.56. The first-order valence-corrected chi connectivity index (χ1v) is 4.50. The van der Waals surface area contributed by atoms with Crippen LogP contribution < -0.4 is 5.73 Å². The molecule has 1 aliphatic carbocycles. The molecule has 0 spiro atoms. The lowest BCUT2D eigenvalue weighted by atomic mass is 10.1. The van der Waals surface area contributed by atoms with Crippen molar-refractivity contribution in [3.8, 4) is 0 Å². The monoisotopic (exact) mass is 194 g/mol. The van der Waals surface area contributed by atoms with Gasteiger partial charge in [-0.2, -0.15) is 0 Å². The second kappa shape index (κ2) is 4.19. The predicted octanol–water partition coefficient (Wildman–Crippen LogP) is 1.77. The normalized spacial score (nSPS) is 22.7. The van der Waals surface area contributed by atoms with Crippen LogP contribution in [0.1, 0.15) is 19.8 Å². The van der Waals surface area contributed by atoms with Crippen molar-refractivity contribution in [2.45, 2.75) is 25.8 Å². The van der Waals surface area contributed by atoms with Crippen LogP contribution in [0.2, 0.25) is 0 Å². The molecule has 1 rings (SSSR count). The van der Waals surface area contributed by atoms with Crippen LogP contribution in [-0.2, 0) is 0 Å². The Morgan fingerprint density at radius 3 is 2.79 bits per heavy atom. The van der Waals surface area contributed by atoms with E-state index in [0.29, 0.717) is 0 Å². The second-order valence-corrected chi connectivity index (χ2v) is 3.41. The molecule has 1 atom stereocenters. The Morgan fingerprint density at radius 1 is 1.79 bits per heavy atom. The van der Waals surface area contributed by atoms with Gasteiger partial charge in [0.1, 0.15) is 0 Å². The standard InChI is InChI=1S/C10H14N2O2/c1-3-8(12(13)14)6-9-7(2)4-5-10(9)11/h3,6,10H,1,4-5,11H2,2H3/b8-6+. The number of nitrogens with two attached hydrogens (primary N) is 1. The van der Waals surface area contributed by atoms with Crippen LogP contribution in [0, 0.1) is 10.1 Å². The molecular weight excluding hydrogens is 180 g/mol. The van der Waals surface area contributed by atoms with Gasteiger partial charge in [-0.3, -0.25) is 10.1 Å². The molecule has 4 heteroatoms. The number of rotatable bonds is 3. The molecule has 0 amide bonds. The lowest BCUT2D eigenvalue weighted by Crippen LogP contribution is -2.18. The van der Waals surface area contributed by atoms with Gasteiger partial charge in [0, 0.05) is 18.2 Å². The van der Waals surface area contributed by atoms with Crippen LogP contribution in [0.25, 0.3) is 0 Å². The number of hydrogen-bond donors (Lipinski definition) is 1. The summed E-state index contributed by atoms with van der Waals surface area (Å²) in [7, 11) is 0. The maximum Gasteiger partial charge on any atom is 0.269 e. The topological polar surface area (TPSA) is 69.2 Å². The predicted molar refractivity (Wildman–Crippen MR) is 55.2 cm³/mol. The summed E-state index contributed by atoms with van der Waals surface area (Å²) in [6, 6.07) is -0.0649. The van der Waals surface area contributed by atoms with Crippen LogP contribution in [0.15, 0.2) is 35.6 Å². The highest BCUT2D eigenvalue weighted by atomic mass is 16.6. The van der Waals surface area contributed by atoms with E-state index in [2.05, 4.69) is 6.58 Å². The number of nitro groups is 1. The van der Waals surface area contributed by atoms with E-state index < -0.39 is 4.92 Å². The van der Waals surface area contributed by atoms with E-state index in [1.165, 1.54) is 12.2 Å². The molecule has 4 nitrogen and oxygen atoms in total. The molecule has 0 bridgehead atoms. The average Bonchev–Trinajstić information content (AvgIpc) is 2.43. The largest absolute Gasteiger partial charge is 0.324 e. The van der Waals surface area contributed by atoms with Crippen molar-refractivity contribution in [3.63, 3.8) is 0 Å². The van der Waals surface area contributed by atoms with E-state index in [-0.39, 0.29) is 11.7 Å². The molecule has 0 aromatic heterocycles. The third-order valence-electron chi connectivity index (χ3n) is 2.45. The Kier molecular flexibility index (Phi) is 3.19. The lowest BCUT2D eigenvalue weighted by molar-refractivity contribution is -0.419. The Hall–Kier alpha value is -1.42. The van der Waals surface area contributed by atoms with Gasteiger partial charge < -0.3 is 5.73 Å². The molecule has 0 saturated carbocycles. The zero-order valence-corrected chi connectivity index (χ0v) is 8.19. The maximum absolute atomic E-state index is 10.5. The smallest absolute Gasteiger partial charge is 0.269 e. The van der Waals surface area contributed by atoms with E-state index >= 15 is 0 Å². The van der Waals surface area contributed by atoms with Gasteiger partial charge >= 0.3 is 0 Å². The minimum Gasteiger partial charge on any atom is -0.324 e. The SMILES string of the molecule is C=C/C(=C\C1=C(C)CCC1N)[N+](=O)[O-]. The Morgan fingerprint density at radius 2 is 2.43 bits per heavy atom. The van der Waals surface area contributed by atoms with Crippen molar-refractivity contribution in [2.75, 3.05) is 0 Å². The van der Waals surface area contributed by atoms with Crippen molar-refractivity contribution >= 4 is 0 Å². The molecule has 0 fully saturated rings. The molecule has 2 N–H and O–H groups in total. The number of hydrogen-bond acceptors (Lipinski definition) is 3. The molecule has 1 unspecified atom stereocenters. The molecule has 14 heavy (non-hydrogen) atoms. The molecule has 0 aromatic carbocycles. The zero-order valence-electron chi connectivity index (χ0n) is 8.19. The van der Waals surface area contributed by atoms with Crippen molar-refractivity contribution in [3.05, 3.63) is 45.7 Å². The molecule has 0 aromatic rings. The maximum atomic E-state index is 10.5. The van der Waals surface area contributed by atoms with Crippen LogP contribution in [0.3, 0.4) is 0 Å². The highest BCUT2D eigenvalue weighted by Gasteiger charge is 2.20. The third kappa shape index (κ3) is 2.09. The first-order valence-electron chi connectivity index (χ1n) is 4.50. The van der Waals surface area contributed by atoms with Crippen molar-refractivity contribution < 1.29 is 4.92 Å². The summed E-state index contributed by atoms with van der Waals surface area (Å²) in [6.07, 6.45) is 4.57. The minimum atomic E-state index is -0.446. The van der Waals surface area contributed by atoms with Gasteiger partial charge in [0.15, 0.2) is 0 Å². The summed E-state index contributed by atoms with van der Waals surface area (Å²) in [5.41, 5.74) is 7.85. The quantitative estimate of drug-likeness (QED) is 0.423. The zero-order chi connectivity index (χ0) is 10.7. The molecule has 0 heterocycles. The summed E-state index contributed by atoms with van der Waals surface area (Å²) in [4.78, 5) is 10.1. The summed E-state index contributed by atoms with van der Waals surface area (Å²) < 4.78 is 0. The van der Waals surface area contributed by atoms with Crippen LogP contribution >= 0.6 is 0 Å². The van der Waals surface area contributed by atoms with E-state index in [0.717, 1.165) is 24.0 Å². The molecule has 0 saturated heterocycles. The van der Waals surface area contributed by atoms with Gasteiger partial charge in [0.25, 0.3) is 5.70 Å². The van der Waals surface area contributed by atoms with E-state index in [4.69, 9.17) is 5.73 Å². The molecule has 76 valence electrons. The summed E-state index contributed by atoms with van der Waals surface area (Å²) in [6.45, 7) is 5.36. The van der Waals surface area contributed by atoms with Crippen LogP contribution in [-0.4, -0.2) is 11.0 Å². The molecule has 0 radical (unpaired) electrons. The Balaban J connectivity index is 3.00. The fourth-order valence-electron chi connectivity index (χ4n) is 1.56. The van der Waals surface area contributed by atoms with Gasteiger partial charge in [-0.1, -0.05) is 12.2 Å². The van der Waals surface area contributed by atoms with Gasteiger partial charge in [-0.05, 0) is 25.3 Å². The van der Waals surface area contributed by atoms with Crippen LogP contribution in [0.4, 0.5) is 0 Å². The van der Waals surface area contributed by atoms with Gasteiger partial charge in [0.05, 0.1) is 4.92 Å². The number of allylic oxidation sites excluding steroid dienone is 2. The van der Waals surface area contributed by atoms with Crippen molar-refractivity contribution in [1.29, 1.82) is 0 Å². The van der Waals surface area contributed by atoms with Gasteiger partial charge in [-0.25, -0.2) is 0 Å². The van der Waals surface area contributed by atoms with E-state index in [9.17, 15) is 10.1 Å². The van der Waals surface area contributed by atoms with Crippen molar-refractivity contribution in [2.24, 2.45) is 5.73 Å². The average molecular weight is 194 g/mol. The minimum absolute atomic E-state index is 0.0108. The van der Waals surface area contributed by atoms with Crippen LogP contribution in [0.5, 0.6) is 0 Å².